The van der Waals surface area contributed by atoms with Gasteiger partial charge in [0.15, 0.2) is 0 Å². The summed E-state index contributed by atoms with van der Waals surface area (Å²) < 4.78 is 2.46. The van der Waals surface area contributed by atoms with Gasteiger partial charge in [-0.25, -0.2) is 4.68 Å². The molecule has 0 atom stereocenters. The van der Waals surface area contributed by atoms with Crippen LogP contribution in [-0.2, 0) is 0 Å². The zero-order valence-corrected chi connectivity index (χ0v) is 8.47. The van der Waals surface area contributed by atoms with Crippen LogP contribution >= 0.6 is 27.3 Å². The lowest BCUT2D eigenvalue weighted by Crippen LogP contribution is -1.98. The van der Waals surface area contributed by atoms with Gasteiger partial charge in [-0.2, -0.15) is 5.10 Å². The molecule has 0 aliphatic heterocycles. The summed E-state index contributed by atoms with van der Waals surface area (Å²) >= 11 is 4.86. The lowest BCUT2D eigenvalue weighted by Gasteiger charge is -1.97. The highest BCUT2D eigenvalue weighted by molar-refractivity contribution is 9.10. The first-order valence-corrected chi connectivity index (χ1v) is 4.99. The van der Waals surface area contributed by atoms with Crippen molar-refractivity contribution < 1.29 is 0 Å². The number of aromatic nitrogens is 2. The van der Waals surface area contributed by atoms with Crippen LogP contribution in [0.15, 0.2) is 28.2 Å². The molecule has 2 heterocycles. The zero-order valence-electron chi connectivity index (χ0n) is 6.07. The number of nitrogens with two attached hydrogens (primary N) is 1. The number of halogens is 1. The van der Waals surface area contributed by atoms with E-state index in [-0.39, 0.29) is 0 Å². The van der Waals surface area contributed by atoms with E-state index in [0.29, 0.717) is 5.82 Å². The molecule has 0 bridgehead atoms. The molecular weight excluding hydrogens is 238 g/mol. The lowest BCUT2D eigenvalue weighted by atomic mass is 10.6. The van der Waals surface area contributed by atoms with Crippen molar-refractivity contribution in [1.29, 1.82) is 0 Å². The lowest BCUT2D eigenvalue weighted by molar-refractivity contribution is 0.897. The number of nitrogens with zero attached hydrogens (tertiary/aromatic N) is 2. The normalized spacial score (nSPS) is 10.4. The summed E-state index contributed by atoms with van der Waals surface area (Å²) in [6, 6.07) is 5.72. The summed E-state index contributed by atoms with van der Waals surface area (Å²) in [5, 5.41) is 7.19. The van der Waals surface area contributed by atoms with Crippen molar-refractivity contribution in [2.45, 2.75) is 0 Å². The highest BCUT2D eigenvalue weighted by Gasteiger charge is 2.04. The summed E-state index contributed by atoms with van der Waals surface area (Å²) in [6.07, 6.45) is 0. The van der Waals surface area contributed by atoms with Crippen molar-refractivity contribution in [3.8, 4) is 5.00 Å². The van der Waals surface area contributed by atoms with Gasteiger partial charge in [0.25, 0.3) is 0 Å². The van der Waals surface area contributed by atoms with E-state index in [9.17, 15) is 0 Å². The van der Waals surface area contributed by atoms with Crippen LogP contribution in [0.4, 0.5) is 5.82 Å². The SMILES string of the molecule is Nc1cc(Br)nn1-c1cccs1. The third kappa shape index (κ3) is 1.25. The summed E-state index contributed by atoms with van der Waals surface area (Å²) in [6.45, 7) is 0. The quantitative estimate of drug-likeness (QED) is 0.836. The second-order valence-corrected chi connectivity index (χ2v) is 3.99. The minimum absolute atomic E-state index is 0.643. The summed E-state index contributed by atoms with van der Waals surface area (Å²) in [7, 11) is 0. The Bertz CT molecular complexity index is 379. The van der Waals surface area contributed by atoms with Gasteiger partial charge in [0.2, 0.25) is 0 Å². The van der Waals surface area contributed by atoms with Crippen molar-refractivity contribution in [2.75, 3.05) is 5.73 Å². The molecule has 0 radical (unpaired) electrons. The van der Waals surface area contributed by atoms with Crippen LogP contribution in [0.3, 0.4) is 0 Å². The second kappa shape index (κ2) is 2.91. The summed E-state index contributed by atoms with van der Waals surface area (Å²) in [4.78, 5) is 0. The number of hydrogen-bond acceptors (Lipinski definition) is 3. The average molecular weight is 244 g/mol. The van der Waals surface area contributed by atoms with Gasteiger partial charge < -0.3 is 5.73 Å². The van der Waals surface area contributed by atoms with E-state index in [1.165, 1.54) is 0 Å². The molecule has 0 aromatic carbocycles. The number of nitrogen functional groups attached to an aromatic ring is 1. The van der Waals surface area contributed by atoms with Gasteiger partial charge in [-0.1, -0.05) is 0 Å². The molecule has 0 spiro atoms. The molecular formula is C7H6BrN3S. The smallest absolute Gasteiger partial charge is 0.130 e. The first-order chi connectivity index (χ1) is 5.77. The molecule has 2 rings (SSSR count). The van der Waals surface area contributed by atoms with Crippen molar-refractivity contribution >= 4 is 33.1 Å². The number of thiophene rings is 1. The molecule has 0 aliphatic carbocycles. The molecule has 2 aromatic rings. The largest absolute Gasteiger partial charge is 0.384 e. The minimum atomic E-state index is 0.643. The molecule has 0 fully saturated rings. The van der Waals surface area contributed by atoms with E-state index in [0.717, 1.165) is 9.60 Å². The first-order valence-electron chi connectivity index (χ1n) is 3.32. The third-order valence-corrected chi connectivity index (χ3v) is 2.65. The van der Waals surface area contributed by atoms with Crippen molar-refractivity contribution in [1.82, 2.24) is 9.78 Å². The van der Waals surface area contributed by atoms with E-state index in [4.69, 9.17) is 5.73 Å². The minimum Gasteiger partial charge on any atom is -0.384 e. The van der Waals surface area contributed by atoms with Crippen LogP contribution in [0.2, 0.25) is 0 Å². The van der Waals surface area contributed by atoms with Gasteiger partial charge in [-0.15, -0.1) is 11.3 Å². The number of hydrogen-bond donors (Lipinski definition) is 1. The van der Waals surface area contributed by atoms with Crippen LogP contribution in [0.5, 0.6) is 0 Å². The fourth-order valence-electron chi connectivity index (χ4n) is 0.932. The van der Waals surface area contributed by atoms with Crippen molar-refractivity contribution in [2.24, 2.45) is 0 Å². The maximum Gasteiger partial charge on any atom is 0.130 e. The maximum atomic E-state index is 5.71. The maximum absolute atomic E-state index is 5.71. The predicted octanol–water partition coefficient (Wildman–Crippen LogP) is 2.28. The Hall–Kier alpha value is -0.810. The van der Waals surface area contributed by atoms with Gasteiger partial charge in [0, 0.05) is 6.07 Å². The van der Waals surface area contributed by atoms with E-state index in [1.54, 1.807) is 22.1 Å². The highest BCUT2D eigenvalue weighted by atomic mass is 79.9. The first kappa shape index (κ1) is 7.82. The molecule has 0 saturated heterocycles. The molecule has 3 nitrogen and oxygen atoms in total. The summed E-state index contributed by atoms with van der Waals surface area (Å²) in [5.41, 5.74) is 5.71. The molecule has 62 valence electrons. The Kier molecular flexibility index (Phi) is 1.90. The van der Waals surface area contributed by atoms with Gasteiger partial charge in [0.1, 0.15) is 15.4 Å². The molecule has 0 saturated carbocycles. The molecule has 12 heavy (non-hydrogen) atoms. The average Bonchev–Trinajstić information content (AvgIpc) is 2.58. The molecule has 0 unspecified atom stereocenters. The van der Waals surface area contributed by atoms with Crippen LogP contribution < -0.4 is 5.73 Å². The number of rotatable bonds is 1. The van der Waals surface area contributed by atoms with E-state index < -0.39 is 0 Å². The number of anilines is 1. The topological polar surface area (TPSA) is 43.8 Å². The van der Waals surface area contributed by atoms with Crippen LogP contribution in [-0.4, -0.2) is 9.78 Å². The molecule has 0 aliphatic rings. The fourth-order valence-corrected chi connectivity index (χ4v) is 2.03. The second-order valence-electron chi connectivity index (χ2n) is 2.26. The predicted molar refractivity (Wildman–Crippen MR) is 53.6 cm³/mol. The monoisotopic (exact) mass is 243 g/mol. The van der Waals surface area contributed by atoms with Crippen LogP contribution in [0.1, 0.15) is 0 Å². The van der Waals surface area contributed by atoms with Gasteiger partial charge in [0.05, 0.1) is 0 Å². The van der Waals surface area contributed by atoms with Crippen LogP contribution in [0.25, 0.3) is 5.00 Å². The Balaban J connectivity index is 2.54. The summed E-state index contributed by atoms with van der Waals surface area (Å²) in [5.74, 6) is 0.643. The van der Waals surface area contributed by atoms with Gasteiger partial charge in [-0.3, -0.25) is 0 Å². The highest BCUT2D eigenvalue weighted by Crippen LogP contribution is 2.20. The van der Waals surface area contributed by atoms with E-state index >= 15 is 0 Å². The third-order valence-electron chi connectivity index (χ3n) is 1.42. The van der Waals surface area contributed by atoms with Gasteiger partial charge in [-0.05, 0) is 33.4 Å². The Morgan fingerprint density at radius 2 is 2.42 bits per heavy atom. The fraction of sp³-hybridized carbons (Fsp3) is 0. The van der Waals surface area contributed by atoms with E-state index in [2.05, 4.69) is 21.0 Å². The zero-order chi connectivity index (χ0) is 8.55. The molecule has 2 aromatic heterocycles. The standard InChI is InChI=1S/C7H6BrN3S/c8-5-4-6(9)11(10-5)7-2-1-3-12-7/h1-4H,9H2. The van der Waals surface area contributed by atoms with Crippen molar-refractivity contribution in [3.63, 3.8) is 0 Å². The van der Waals surface area contributed by atoms with Crippen LogP contribution in [0, 0.1) is 0 Å². The molecule has 5 heteroatoms. The van der Waals surface area contributed by atoms with Crippen molar-refractivity contribution in [3.05, 3.63) is 28.2 Å². The Morgan fingerprint density at radius 1 is 1.58 bits per heavy atom. The van der Waals surface area contributed by atoms with E-state index in [1.807, 2.05) is 17.5 Å². The molecule has 0 amide bonds. The Labute approximate surface area is 81.9 Å². The Morgan fingerprint density at radius 3 is 2.92 bits per heavy atom. The van der Waals surface area contributed by atoms with Gasteiger partial charge >= 0.3 is 0 Å². The molecule has 2 N–H and O–H groups in total.